The van der Waals surface area contributed by atoms with E-state index in [9.17, 15) is 9.59 Å². The van der Waals surface area contributed by atoms with Gasteiger partial charge in [0.05, 0.1) is 0 Å². The Hall–Kier alpha value is -1.84. The number of hydrogen-bond donors (Lipinski definition) is 1. The number of carbonyl (C=O) groups is 2. The lowest BCUT2D eigenvalue weighted by atomic mass is 10.1. The maximum atomic E-state index is 12.2. The number of nitrogens with one attached hydrogen (secondary N) is 1. The van der Waals surface area contributed by atoms with Gasteiger partial charge in [-0.25, -0.2) is 0 Å². The van der Waals surface area contributed by atoms with Crippen molar-refractivity contribution in [2.45, 2.75) is 32.9 Å². The first-order chi connectivity index (χ1) is 8.65. The molecule has 1 aromatic rings. The number of amides is 2. The highest BCUT2D eigenvalue weighted by atomic mass is 16.2. The van der Waals surface area contributed by atoms with Crippen LogP contribution in [0.2, 0.25) is 0 Å². The Labute approximate surface area is 107 Å². The number of benzene rings is 1. The van der Waals surface area contributed by atoms with E-state index < -0.39 is 6.04 Å². The van der Waals surface area contributed by atoms with Crippen molar-refractivity contribution in [2.24, 2.45) is 0 Å². The van der Waals surface area contributed by atoms with Crippen LogP contribution < -0.4 is 5.32 Å². The average molecular weight is 246 g/mol. The molecule has 0 aliphatic carbocycles. The summed E-state index contributed by atoms with van der Waals surface area (Å²) in [6.45, 7) is 4.95. The summed E-state index contributed by atoms with van der Waals surface area (Å²) < 4.78 is 0. The Kier molecular flexibility index (Phi) is 3.65. The first-order valence-electron chi connectivity index (χ1n) is 6.31. The zero-order valence-corrected chi connectivity index (χ0v) is 10.8. The second kappa shape index (κ2) is 5.21. The molecule has 0 spiro atoms. The number of hydrogen-bond acceptors (Lipinski definition) is 2. The minimum absolute atomic E-state index is 0.0512. The van der Waals surface area contributed by atoms with Crippen molar-refractivity contribution in [3.63, 3.8) is 0 Å². The zero-order valence-electron chi connectivity index (χ0n) is 10.8. The standard InChI is InChI=1S/C14H18N2O2/c1-3-8-15-13(17)10(2)16-9-11-6-4-5-7-12(11)14(16)18/h4-7,10H,3,8-9H2,1-2H3,(H,15,17). The van der Waals surface area contributed by atoms with Gasteiger partial charge in [0.1, 0.15) is 6.04 Å². The highest BCUT2D eigenvalue weighted by molar-refractivity contribution is 6.00. The lowest BCUT2D eigenvalue weighted by Gasteiger charge is -2.23. The number of rotatable bonds is 4. The third kappa shape index (κ3) is 2.23. The third-order valence-corrected chi connectivity index (χ3v) is 3.25. The van der Waals surface area contributed by atoms with Gasteiger partial charge in [-0.3, -0.25) is 9.59 Å². The normalized spacial score (nSPS) is 15.4. The molecule has 1 aromatic carbocycles. The molecule has 1 aliphatic rings. The summed E-state index contributed by atoms with van der Waals surface area (Å²) in [5.74, 6) is -0.136. The molecule has 0 radical (unpaired) electrons. The van der Waals surface area contributed by atoms with E-state index in [1.165, 1.54) is 0 Å². The molecule has 2 amide bonds. The monoisotopic (exact) mass is 246 g/mol. The van der Waals surface area contributed by atoms with Crippen LogP contribution in [0.5, 0.6) is 0 Å². The molecule has 96 valence electrons. The predicted molar refractivity (Wildman–Crippen MR) is 69.1 cm³/mol. The summed E-state index contributed by atoms with van der Waals surface area (Å²) in [6, 6.07) is 7.09. The Morgan fingerprint density at radius 1 is 1.44 bits per heavy atom. The van der Waals surface area contributed by atoms with Gasteiger partial charge >= 0.3 is 0 Å². The summed E-state index contributed by atoms with van der Waals surface area (Å²) in [4.78, 5) is 25.7. The quantitative estimate of drug-likeness (QED) is 0.876. The molecule has 4 nitrogen and oxygen atoms in total. The molecule has 2 rings (SSSR count). The van der Waals surface area contributed by atoms with E-state index in [-0.39, 0.29) is 11.8 Å². The second-order valence-corrected chi connectivity index (χ2v) is 4.56. The minimum Gasteiger partial charge on any atom is -0.354 e. The van der Waals surface area contributed by atoms with Crippen molar-refractivity contribution < 1.29 is 9.59 Å². The number of carbonyl (C=O) groups excluding carboxylic acids is 2. The van der Waals surface area contributed by atoms with E-state index in [1.54, 1.807) is 11.8 Å². The van der Waals surface area contributed by atoms with Crippen molar-refractivity contribution >= 4 is 11.8 Å². The Bertz CT molecular complexity index is 471. The molecule has 1 N–H and O–H groups in total. The van der Waals surface area contributed by atoms with E-state index in [4.69, 9.17) is 0 Å². The van der Waals surface area contributed by atoms with Crippen LogP contribution >= 0.6 is 0 Å². The highest BCUT2D eigenvalue weighted by Crippen LogP contribution is 2.24. The average Bonchev–Trinajstić information content (AvgIpc) is 2.73. The molecule has 0 fully saturated rings. The smallest absolute Gasteiger partial charge is 0.255 e. The Balaban J connectivity index is 2.09. The van der Waals surface area contributed by atoms with Crippen LogP contribution in [0.3, 0.4) is 0 Å². The molecule has 0 aromatic heterocycles. The molecule has 0 saturated heterocycles. The molecule has 1 atom stereocenters. The van der Waals surface area contributed by atoms with Crippen LogP contribution in [0.25, 0.3) is 0 Å². The first-order valence-corrected chi connectivity index (χ1v) is 6.31. The topological polar surface area (TPSA) is 49.4 Å². The SMILES string of the molecule is CCCNC(=O)C(C)N1Cc2ccccc2C1=O. The number of fused-ring (bicyclic) bond motifs is 1. The molecule has 18 heavy (non-hydrogen) atoms. The fraction of sp³-hybridized carbons (Fsp3) is 0.429. The molecule has 0 saturated carbocycles. The van der Waals surface area contributed by atoms with Crippen molar-refractivity contribution in [2.75, 3.05) is 6.54 Å². The van der Waals surface area contributed by atoms with Crippen molar-refractivity contribution in [3.8, 4) is 0 Å². The van der Waals surface area contributed by atoms with Crippen molar-refractivity contribution in [3.05, 3.63) is 35.4 Å². The van der Waals surface area contributed by atoms with Crippen LogP contribution in [0.4, 0.5) is 0 Å². The van der Waals surface area contributed by atoms with E-state index in [0.717, 1.165) is 12.0 Å². The third-order valence-electron chi connectivity index (χ3n) is 3.25. The van der Waals surface area contributed by atoms with Gasteiger partial charge in [0.2, 0.25) is 5.91 Å². The first kappa shape index (κ1) is 12.6. The van der Waals surface area contributed by atoms with Crippen molar-refractivity contribution in [1.82, 2.24) is 10.2 Å². The van der Waals surface area contributed by atoms with Gasteiger partial charge in [-0.1, -0.05) is 25.1 Å². The predicted octanol–water partition coefficient (Wildman–Crippen LogP) is 1.56. The van der Waals surface area contributed by atoms with Crippen molar-refractivity contribution in [1.29, 1.82) is 0 Å². The molecular formula is C14H18N2O2. The van der Waals surface area contributed by atoms with Crippen LogP contribution in [0.15, 0.2) is 24.3 Å². The molecule has 4 heteroatoms. The Morgan fingerprint density at radius 3 is 2.83 bits per heavy atom. The number of nitrogens with zero attached hydrogens (tertiary/aromatic N) is 1. The summed E-state index contributed by atoms with van der Waals surface area (Å²) >= 11 is 0. The van der Waals surface area contributed by atoms with E-state index >= 15 is 0 Å². The lowest BCUT2D eigenvalue weighted by molar-refractivity contribution is -0.125. The second-order valence-electron chi connectivity index (χ2n) is 4.56. The molecule has 1 aliphatic heterocycles. The van der Waals surface area contributed by atoms with Crippen LogP contribution in [0.1, 0.15) is 36.2 Å². The van der Waals surface area contributed by atoms with E-state index in [2.05, 4.69) is 5.32 Å². The highest BCUT2D eigenvalue weighted by Gasteiger charge is 2.33. The van der Waals surface area contributed by atoms with Gasteiger partial charge in [0.25, 0.3) is 5.91 Å². The fourth-order valence-electron chi connectivity index (χ4n) is 2.13. The Morgan fingerprint density at radius 2 is 2.17 bits per heavy atom. The summed E-state index contributed by atoms with van der Waals surface area (Å²) in [6.07, 6.45) is 0.895. The molecule has 0 bridgehead atoms. The summed E-state index contributed by atoms with van der Waals surface area (Å²) in [7, 11) is 0. The minimum atomic E-state index is -0.420. The maximum Gasteiger partial charge on any atom is 0.255 e. The zero-order chi connectivity index (χ0) is 13.1. The molecule has 1 unspecified atom stereocenters. The van der Waals surface area contributed by atoms with E-state index in [1.807, 2.05) is 31.2 Å². The largest absolute Gasteiger partial charge is 0.354 e. The fourth-order valence-corrected chi connectivity index (χ4v) is 2.13. The van der Waals surface area contributed by atoms with Gasteiger partial charge in [-0.15, -0.1) is 0 Å². The van der Waals surface area contributed by atoms with E-state index in [0.29, 0.717) is 18.7 Å². The summed E-state index contributed by atoms with van der Waals surface area (Å²) in [5.41, 5.74) is 1.71. The van der Waals surface area contributed by atoms with Crippen LogP contribution in [0, 0.1) is 0 Å². The molecule has 1 heterocycles. The van der Waals surface area contributed by atoms with Gasteiger partial charge in [0.15, 0.2) is 0 Å². The lowest BCUT2D eigenvalue weighted by Crippen LogP contribution is -2.45. The van der Waals surface area contributed by atoms with Crippen LogP contribution in [-0.2, 0) is 11.3 Å². The van der Waals surface area contributed by atoms with Crippen LogP contribution in [-0.4, -0.2) is 29.3 Å². The van der Waals surface area contributed by atoms with Gasteiger partial charge in [-0.05, 0) is 25.0 Å². The summed E-state index contributed by atoms with van der Waals surface area (Å²) in [5, 5.41) is 2.82. The molecular weight excluding hydrogens is 228 g/mol. The van der Waals surface area contributed by atoms with Gasteiger partial charge < -0.3 is 10.2 Å². The maximum absolute atomic E-state index is 12.2. The van der Waals surface area contributed by atoms with Gasteiger partial charge in [0, 0.05) is 18.7 Å². The van der Waals surface area contributed by atoms with Gasteiger partial charge in [-0.2, -0.15) is 0 Å².